The van der Waals surface area contributed by atoms with Crippen LogP contribution in [-0.2, 0) is 28.7 Å². The van der Waals surface area contributed by atoms with E-state index in [4.69, 9.17) is 9.47 Å². The third kappa shape index (κ3) is 5.00. The van der Waals surface area contributed by atoms with Crippen LogP contribution in [0.3, 0.4) is 0 Å². The van der Waals surface area contributed by atoms with Crippen LogP contribution in [0.2, 0.25) is 0 Å². The van der Waals surface area contributed by atoms with Gasteiger partial charge in [-0.2, -0.15) is 0 Å². The lowest BCUT2D eigenvalue weighted by molar-refractivity contribution is -0.172. The van der Waals surface area contributed by atoms with Crippen molar-refractivity contribution >= 4 is 29.3 Å². The fraction of sp³-hybridized carbons (Fsp3) is 0.524. The number of carbonyl (C=O) groups is 4. The van der Waals surface area contributed by atoms with Crippen LogP contribution < -0.4 is 5.32 Å². The van der Waals surface area contributed by atoms with Crippen molar-refractivity contribution in [1.29, 1.82) is 0 Å². The lowest BCUT2D eigenvalue weighted by Gasteiger charge is -2.43. The smallest absolute Gasteiger partial charge is 0.317 e. The molecule has 0 bridgehead atoms. The molecule has 0 unspecified atom stereocenters. The summed E-state index contributed by atoms with van der Waals surface area (Å²) in [6, 6.07) is 6.44. The second kappa shape index (κ2) is 9.17. The molecule has 8 nitrogen and oxygen atoms in total. The standard InChI is InChI=1S/C21H27NO7/c1-5-28-19(25)17-15(24)11-21(4,27)18(20(26)29-6-2)16(17)13-7-9-14(10-8-13)22-12(3)23/h7-10,16-18,27H,5-6,11H2,1-4H3,(H,22,23)/t16-,17-,18+,21-/m0/s1. The average Bonchev–Trinajstić information content (AvgIpc) is 2.60. The van der Waals surface area contributed by atoms with Gasteiger partial charge in [-0.05, 0) is 38.5 Å². The highest BCUT2D eigenvalue weighted by molar-refractivity contribution is 6.02. The summed E-state index contributed by atoms with van der Waals surface area (Å²) in [7, 11) is 0. The normalized spacial score (nSPS) is 26.5. The molecule has 2 N–H and O–H groups in total. The molecule has 4 atom stereocenters. The molecule has 0 heterocycles. The minimum absolute atomic E-state index is 0.0806. The third-order valence-corrected chi connectivity index (χ3v) is 4.96. The summed E-state index contributed by atoms with van der Waals surface area (Å²) in [5, 5.41) is 13.5. The highest BCUT2D eigenvalue weighted by Crippen LogP contribution is 2.46. The topological polar surface area (TPSA) is 119 Å². The molecule has 1 amide bonds. The Morgan fingerprint density at radius 1 is 1.10 bits per heavy atom. The van der Waals surface area contributed by atoms with Crippen molar-refractivity contribution in [1.82, 2.24) is 0 Å². The molecule has 0 saturated heterocycles. The molecule has 1 saturated carbocycles. The Bertz CT molecular complexity index is 785. The van der Waals surface area contributed by atoms with E-state index in [1.54, 1.807) is 38.1 Å². The zero-order valence-corrected chi connectivity index (χ0v) is 17.1. The molecule has 2 rings (SSSR count). The Kier molecular flexibility index (Phi) is 7.13. The SMILES string of the molecule is CCOC(=O)[C@H]1C(=O)C[C@](C)(O)[C@@H](C(=O)OCC)[C@H]1c1ccc(NC(C)=O)cc1. The first-order chi connectivity index (χ1) is 13.6. The number of esters is 2. The number of ketones is 1. The molecule has 0 aromatic heterocycles. The molecule has 0 radical (unpaired) electrons. The molecule has 1 aromatic rings. The maximum atomic E-state index is 12.8. The summed E-state index contributed by atoms with van der Waals surface area (Å²) in [5.74, 6) is -5.51. The van der Waals surface area contributed by atoms with Gasteiger partial charge >= 0.3 is 11.9 Å². The Balaban J connectivity index is 2.56. The number of carbonyl (C=O) groups excluding carboxylic acids is 4. The molecular formula is C21H27NO7. The second-order valence-corrected chi connectivity index (χ2v) is 7.29. The molecule has 0 spiro atoms. The van der Waals surface area contributed by atoms with Crippen LogP contribution in [-0.4, -0.2) is 47.6 Å². The van der Waals surface area contributed by atoms with E-state index < -0.39 is 41.1 Å². The number of hydrogen-bond donors (Lipinski definition) is 2. The maximum absolute atomic E-state index is 12.8. The van der Waals surface area contributed by atoms with Gasteiger partial charge in [-0.15, -0.1) is 0 Å². The number of rotatable bonds is 6. The van der Waals surface area contributed by atoms with Gasteiger partial charge in [0.2, 0.25) is 5.91 Å². The van der Waals surface area contributed by atoms with E-state index in [-0.39, 0.29) is 25.5 Å². The van der Waals surface area contributed by atoms with E-state index >= 15 is 0 Å². The van der Waals surface area contributed by atoms with E-state index in [2.05, 4.69) is 5.32 Å². The Hall–Kier alpha value is -2.74. The van der Waals surface area contributed by atoms with Gasteiger partial charge < -0.3 is 19.9 Å². The fourth-order valence-corrected chi connectivity index (χ4v) is 3.87. The number of ether oxygens (including phenoxy) is 2. The molecule has 1 aliphatic carbocycles. The first-order valence-electron chi connectivity index (χ1n) is 9.58. The van der Waals surface area contributed by atoms with Crippen LogP contribution in [0, 0.1) is 11.8 Å². The van der Waals surface area contributed by atoms with Crippen LogP contribution in [0.15, 0.2) is 24.3 Å². The number of amides is 1. The maximum Gasteiger partial charge on any atom is 0.317 e. The predicted molar refractivity (Wildman–Crippen MR) is 104 cm³/mol. The lowest BCUT2D eigenvalue weighted by Crippen LogP contribution is -2.55. The zero-order valence-electron chi connectivity index (χ0n) is 17.1. The van der Waals surface area contributed by atoms with E-state index in [1.165, 1.54) is 13.8 Å². The summed E-state index contributed by atoms with van der Waals surface area (Å²) in [4.78, 5) is 49.4. The Morgan fingerprint density at radius 2 is 1.66 bits per heavy atom. The van der Waals surface area contributed by atoms with Crippen LogP contribution in [0.5, 0.6) is 0 Å². The first kappa shape index (κ1) is 22.5. The van der Waals surface area contributed by atoms with Crippen LogP contribution in [0.25, 0.3) is 0 Å². The van der Waals surface area contributed by atoms with Crippen molar-refractivity contribution in [2.75, 3.05) is 18.5 Å². The van der Waals surface area contributed by atoms with Crippen molar-refractivity contribution in [2.24, 2.45) is 11.8 Å². The van der Waals surface area contributed by atoms with E-state index in [9.17, 15) is 24.3 Å². The highest BCUT2D eigenvalue weighted by Gasteiger charge is 2.57. The number of hydrogen-bond acceptors (Lipinski definition) is 7. The monoisotopic (exact) mass is 405 g/mol. The molecule has 1 aromatic carbocycles. The van der Waals surface area contributed by atoms with Gasteiger partial charge in [0, 0.05) is 24.9 Å². The van der Waals surface area contributed by atoms with Gasteiger partial charge in [-0.25, -0.2) is 0 Å². The van der Waals surface area contributed by atoms with Gasteiger partial charge in [0.25, 0.3) is 0 Å². The van der Waals surface area contributed by atoms with Crippen molar-refractivity contribution in [3.63, 3.8) is 0 Å². The lowest BCUT2D eigenvalue weighted by atomic mass is 9.61. The molecule has 1 aliphatic rings. The zero-order chi connectivity index (χ0) is 21.8. The Morgan fingerprint density at radius 3 is 2.17 bits per heavy atom. The van der Waals surface area contributed by atoms with Gasteiger partial charge in [0.1, 0.15) is 5.92 Å². The summed E-state index contributed by atoms with van der Waals surface area (Å²) in [5.41, 5.74) is -0.674. The van der Waals surface area contributed by atoms with E-state index in [1.807, 2.05) is 0 Å². The van der Waals surface area contributed by atoms with Crippen molar-refractivity contribution in [2.45, 2.75) is 45.6 Å². The first-order valence-corrected chi connectivity index (χ1v) is 9.58. The third-order valence-electron chi connectivity index (χ3n) is 4.96. The van der Waals surface area contributed by atoms with Gasteiger partial charge in [-0.3, -0.25) is 19.2 Å². The number of nitrogens with one attached hydrogen (secondary N) is 1. The van der Waals surface area contributed by atoms with Crippen molar-refractivity contribution in [3.05, 3.63) is 29.8 Å². The number of benzene rings is 1. The Labute approximate surface area is 169 Å². The van der Waals surface area contributed by atoms with E-state index in [0.717, 1.165) is 0 Å². The summed E-state index contributed by atoms with van der Waals surface area (Å²) >= 11 is 0. The summed E-state index contributed by atoms with van der Waals surface area (Å²) < 4.78 is 10.2. The largest absolute Gasteiger partial charge is 0.466 e. The van der Waals surface area contributed by atoms with Crippen LogP contribution >= 0.6 is 0 Å². The van der Waals surface area contributed by atoms with Crippen LogP contribution in [0.4, 0.5) is 5.69 Å². The second-order valence-electron chi connectivity index (χ2n) is 7.29. The van der Waals surface area contributed by atoms with Crippen molar-refractivity contribution < 1.29 is 33.8 Å². The van der Waals surface area contributed by atoms with Gasteiger partial charge in [0.05, 0.1) is 24.7 Å². The molecular weight excluding hydrogens is 378 g/mol. The predicted octanol–water partition coefficient (Wildman–Crippen LogP) is 1.81. The number of anilines is 1. The highest BCUT2D eigenvalue weighted by atomic mass is 16.5. The van der Waals surface area contributed by atoms with Gasteiger partial charge in [0.15, 0.2) is 5.78 Å². The number of Topliss-reactive ketones (excluding diaryl/α,β-unsaturated/α-hetero) is 1. The van der Waals surface area contributed by atoms with Gasteiger partial charge in [-0.1, -0.05) is 12.1 Å². The molecule has 0 aliphatic heterocycles. The minimum Gasteiger partial charge on any atom is -0.466 e. The number of aliphatic hydroxyl groups is 1. The summed E-state index contributed by atoms with van der Waals surface area (Å²) in [6.45, 7) is 6.21. The molecule has 1 fully saturated rings. The quantitative estimate of drug-likeness (QED) is 0.547. The fourth-order valence-electron chi connectivity index (χ4n) is 3.87. The minimum atomic E-state index is -1.69. The molecule has 158 valence electrons. The van der Waals surface area contributed by atoms with Crippen LogP contribution in [0.1, 0.15) is 45.6 Å². The molecule has 8 heteroatoms. The van der Waals surface area contributed by atoms with E-state index in [0.29, 0.717) is 11.3 Å². The van der Waals surface area contributed by atoms with Crippen molar-refractivity contribution in [3.8, 4) is 0 Å². The molecule has 29 heavy (non-hydrogen) atoms. The average molecular weight is 405 g/mol. The summed E-state index contributed by atoms with van der Waals surface area (Å²) in [6.07, 6.45) is -0.361.